The second-order valence-corrected chi connectivity index (χ2v) is 4.08. The van der Waals surface area contributed by atoms with Crippen LogP contribution in [0.2, 0.25) is 0 Å². The molecule has 0 radical (unpaired) electrons. The Labute approximate surface area is 105 Å². The summed E-state index contributed by atoms with van der Waals surface area (Å²) in [6, 6.07) is 0. The summed E-state index contributed by atoms with van der Waals surface area (Å²) in [5, 5.41) is 5.67. The van der Waals surface area contributed by atoms with E-state index >= 15 is 0 Å². The maximum atomic E-state index is 13.1. The van der Waals surface area contributed by atoms with Gasteiger partial charge in [0.25, 0.3) is 5.95 Å². The van der Waals surface area contributed by atoms with Gasteiger partial charge in [-0.05, 0) is 6.42 Å². The smallest absolute Gasteiger partial charge is 0.240 e. The Balaban J connectivity index is 2.92. The maximum absolute atomic E-state index is 13.1. The molecule has 0 atom stereocenters. The van der Waals surface area contributed by atoms with Crippen LogP contribution < -0.4 is 0 Å². The van der Waals surface area contributed by atoms with Crippen molar-refractivity contribution in [1.29, 1.82) is 0 Å². The molecule has 0 bridgehead atoms. The van der Waals surface area contributed by atoms with Crippen molar-refractivity contribution in [3.63, 3.8) is 0 Å². The third-order valence-electron chi connectivity index (χ3n) is 2.57. The SMILES string of the molecule is CCCCCCn1nnc(F)c1C(F)(F)C(F)(F)F. The van der Waals surface area contributed by atoms with E-state index in [1.807, 2.05) is 6.92 Å². The van der Waals surface area contributed by atoms with E-state index in [0.717, 1.165) is 12.8 Å². The molecule has 0 unspecified atom stereocenters. The van der Waals surface area contributed by atoms with Crippen LogP contribution in [0.25, 0.3) is 0 Å². The summed E-state index contributed by atoms with van der Waals surface area (Å²) in [6.07, 6.45) is -3.23. The lowest BCUT2D eigenvalue weighted by Gasteiger charge is -2.19. The molecule has 1 aromatic heterocycles. The maximum Gasteiger partial charge on any atom is 0.459 e. The highest BCUT2D eigenvalue weighted by Gasteiger charge is 2.62. The molecule has 1 rings (SSSR count). The second kappa shape index (κ2) is 5.79. The predicted molar refractivity (Wildman–Crippen MR) is 54.1 cm³/mol. The van der Waals surface area contributed by atoms with Crippen LogP contribution in [0.15, 0.2) is 0 Å². The third kappa shape index (κ3) is 3.38. The van der Waals surface area contributed by atoms with Crippen LogP contribution in [-0.4, -0.2) is 21.2 Å². The first-order valence-corrected chi connectivity index (χ1v) is 5.75. The van der Waals surface area contributed by atoms with Gasteiger partial charge in [-0.15, -0.1) is 0 Å². The molecule has 0 aromatic carbocycles. The fraction of sp³-hybridized carbons (Fsp3) is 0.800. The van der Waals surface area contributed by atoms with Crippen LogP contribution in [0.1, 0.15) is 38.3 Å². The Morgan fingerprint density at radius 1 is 1.05 bits per heavy atom. The number of nitrogens with zero attached hydrogens (tertiary/aromatic N) is 3. The molecule has 0 aliphatic rings. The molecular weight excluding hydrogens is 276 g/mol. The first kappa shape index (κ1) is 15.8. The van der Waals surface area contributed by atoms with Crippen LogP contribution in [0.3, 0.4) is 0 Å². The Kier molecular flexibility index (Phi) is 4.81. The zero-order chi connectivity index (χ0) is 14.7. The molecule has 0 saturated heterocycles. The topological polar surface area (TPSA) is 30.7 Å². The van der Waals surface area contributed by atoms with Gasteiger partial charge in [-0.25, -0.2) is 4.68 Å². The number of aryl methyl sites for hydroxylation is 1. The van der Waals surface area contributed by atoms with Gasteiger partial charge in [0.2, 0.25) is 0 Å². The molecule has 0 fully saturated rings. The Hall–Kier alpha value is -1.28. The van der Waals surface area contributed by atoms with Crippen LogP contribution in [0, 0.1) is 5.95 Å². The van der Waals surface area contributed by atoms with Crippen LogP contribution in [0.5, 0.6) is 0 Å². The van der Waals surface area contributed by atoms with E-state index in [1.54, 1.807) is 0 Å². The van der Waals surface area contributed by atoms with Gasteiger partial charge < -0.3 is 0 Å². The van der Waals surface area contributed by atoms with Gasteiger partial charge in [-0.3, -0.25) is 0 Å². The molecule has 0 N–H and O–H groups in total. The minimum atomic E-state index is -5.88. The molecule has 0 amide bonds. The van der Waals surface area contributed by atoms with Gasteiger partial charge in [-0.1, -0.05) is 36.5 Å². The highest BCUT2D eigenvalue weighted by molar-refractivity contribution is 5.09. The van der Waals surface area contributed by atoms with Crippen molar-refractivity contribution in [3.8, 4) is 0 Å². The summed E-state index contributed by atoms with van der Waals surface area (Å²) < 4.78 is 76.2. The molecule has 0 saturated carbocycles. The van der Waals surface area contributed by atoms with Gasteiger partial charge in [0, 0.05) is 6.54 Å². The third-order valence-corrected chi connectivity index (χ3v) is 2.57. The number of hydrogen-bond acceptors (Lipinski definition) is 2. The molecule has 9 heteroatoms. The summed E-state index contributed by atoms with van der Waals surface area (Å²) >= 11 is 0. The van der Waals surface area contributed by atoms with Gasteiger partial charge in [0.15, 0.2) is 5.69 Å². The zero-order valence-electron chi connectivity index (χ0n) is 10.1. The Morgan fingerprint density at radius 2 is 1.68 bits per heavy atom. The lowest BCUT2D eigenvalue weighted by Crippen LogP contribution is -2.36. The lowest BCUT2D eigenvalue weighted by molar-refractivity contribution is -0.293. The van der Waals surface area contributed by atoms with Crippen molar-refractivity contribution in [1.82, 2.24) is 15.0 Å². The van der Waals surface area contributed by atoms with Crippen molar-refractivity contribution < 1.29 is 26.3 Å². The molecule has 1 aromatic rings. The molecule has 1 heterocycles. The van der Waals surface area contributed by atoms with Gasteiger partial charge in [0.05, 0.1) is 0 Å². The predicted octanol–water partition coefficient (Wildman–Crippen LogP) is 3.65. The van der Waals surface area contributed by atoms with Gasteiger partial charge in [0.1, 0.15) is 0 Å². The van der Waals surface area contributed by atoms with Crippen LogP contribution >= 0.6 is 0 Å². The standard InChI is InChI=1S/C10H13F6N3/c1-2-3-4-5-6-19-7(8(11)17-18-19)9(12,13)10(14,15)16/h2-6H2,1H3. The number of rotatable bonds is 6. The van der Waals surface area contributed by atoms with Crippen molar-refractivity contribution in [3.05, 3.63) is 11.6 Å². The minimum Gasteiger partial charge on any atom is -0.240 e. The number of halogens is 6. The van der Waals surface area contributed by atoms with Crippen LogP contribution in [-0.2, 0) is 12.5 Å². The van der Waals surface area contributed by atoms with Crippen molar-refractivity contribution >= 4 is 0 Å². The normalized spacial score (nSPS) is 13.0. The highest BCUT2D eigenvalue weighted by Crippen LogP contribution is 2.44. The van der Waals surface area contributed by atoms with Crippen molar-refractivity contribution in [2.24, 2.45) is 0 Å². The van der Waals surface area contributed by atoms with Gasteiger partial charge in [-0.2, -0.15) is 26.3 Å². The molecule has 19 heavy (non-hydrogen) atoms. The number of aromatic nitrogens is 3. The summed E-state index contributed by atoms with van der Waals surface area (Å²) in [5.74, 6) is -7.19. The van der Waals surface area contributed by atoms with E-state index in [4.69, 9.17) is 0 Å². The number of unbranched alkanes of at least 4 members (excludes halogenated alkanes) is 3. The van der Waals surface area contributed by atoms with E-state index in [9.17, 15) is 26.3 Å². The van der Waals surface area contributed by atoms with E-state index in [1.165, 1.54) is 0 Å². The summed E-state index contributed by atoms with van der Waals surface area (Å²) in [5.41, 5.74) is -1.82. The van der Waals surface area contributed by atoms with Gasteiger partial charge >= 0.3 is 12.1 Å². The fourth-order valence-electron chi connectivity index (χ4n) is 1.56. The quantitative estimate of drug-likeness (QED) is 0.591. The first-order valence-electron chi connectivity index (χ1n) is 5.75. The van der Waals surface area contributed by atoms with E-state index in [2.05, 4.69) is 10.3 Å². The number of alkyl halides is 5. The second-order valence-electron chi connectivity index (χ2n) is 4.08. The molecule has 0 aliphatic heterocycles. The average Bonchev–Trinajstić information content (AvgIpc) is 2.65. The summed E-state index contributed by atoms with van der Waals surface area (Å²) in [7, 11) is 0. The molecular formula is C10H13F6N3. The summed E-state index contributed by atoms with van der Waals surface area (Å²) in [6.45, 7) is 1.69. The van der Waals surface area contributed by atoms with E-state index in [0.29, 0.717) is 17.5 Å². The Morgan fingerprint density at radius 3 is 2.21 bits per heavy atom. The fourth-order valence-corrected chi connectivity index (χ4v) is 1.56. The largest absolute Gasteiger partial charge is 0.459 e. The van der Waals surface area contributed by atoms with E-state index in [-0.39, 0.29) is 6.54 Å². The zero-order valence-corrected chi connectivity index (χ0v) is 10.1. The monoisotopic (exact) mass is 289 g/mol. The molecule has 0 spiro atoms. The van der Waals surface area contributed by atoms with E-state index < -0.39 is 23.7 Å². The van der Waals surface area contributed by atoms with Crippen LogP contribution in [0.4, 0.5) is 26.3 Å². The lowest BCUT2D eigenvalue weighted by atomic mass is 10.2. The molecule has 0 aliphatic carbocycles. The summed E-state index contributed by atoms with van der Waals surface area (Å²) in [4.78, 5) is 0. The molecule has 110 valence electrons. The highest BCUT2D eigenvalue weighted by atomic mass is 19.4. The average molecular weight is 289 g/mol. The van der Waals surface area contributed by atoms with Crippen molar-refractivity contribution in [2.75, 3.05) is 0 Å². The molecule has 3 nitrogen and oxygen atoms in total. The first-order chi connectivity index (χ1) is 8.71. The Bertz CT molecular complexity index is 412. The van der Waals surface area contributed by atoms with Crippen molar-refractivity contribution in [2.45, 2.75) is 51.3 Å². The number of hydrogen-bond donors (Lipinski definition) is 0. The minimum absolute atomic E-state index is 0.224.